The fourth-order valence-corrected chi connectivity index (χ4v) is 3.04. The summed E-state index contributed by atoms with van der Waals surface area (Å²) in [5, 5.41) is 3.87. The van der Waals surface area contributed by atoms with Gasteiger partial charge in [-0.3, -0.25) is 14.2 Å². The summed E-state index contributed by atoms with van der Waals surface area (Å²) in [6.07, 6.45) is 2.73. The van der Waals surface area contributed by atoms with Gasteiger partial charge in [-0.25, -0.2) is 8.42 Å². The maximum Gasteiger partial charge on any atom is 0.261 e. The predicted molar refractivity (Wildman–Crippen MR) is 87.4 cm³/mol. The molecule has 0 radical (unpaired) electrons. The van der Waals surface area contributed by atoms with Crippen LogP contribution in [0.15, 0.2) is 41.6 Å². The minimum atomic E-state index is -3.71. The van der Waals surface area contributed by atoms with Crippen molar-refractivity contribution < 1.29 is 13.2 Å². The van der Waals surface area contributed by atoms with Crippen molar-refractivity contribution in [1.29, 1.82) is 0 Å². The quantitative estimate of drug-likeness (QED) is 0.862. The summed E-state index contributed by atoms with van der Waals surface area (Å²) in [7, 11) is -3.71. The Morgan fingerprint density at radius 2 is 1.87 bits per heavy atom. The van der Waals surface area contributed by atoms with E-state index in [1.54, 1.807) is 24.3 Å². The van der Waals surface area contributed by atoms with Crippen LogP contribution < -0.4 is 10.5 Å². The second kappa shape index (κ2) is 6.04. The molecule has 7 nitrogen and oxygen atoms in total. The first kappa shape index (κ1) is 17.0. The molecule has 0 saturated heterocycles. The van der Waals surface area contributed by atoms with Gasteiger partial charge in [0, 0.05) is 6.20 Å². The molecule has 124 valence electrons. The van der Waals surface area contributed by atoms with Gasteiger partial charge >= 0.3 is 0 Å². The highest BCUT2D eigenvalue weighted by molar-refractivity contribution is 7.92. The molecular formula is C15H20N4O3S. The highest BCUT2D eigenvalue weighted by atomic mass is 32.2. The number of carbonyl (C=O) groups excluding carboxylic acids is 1. The van der Waals surface area contributed by atoms with E-state index in [0.717, 1.165) is 5.56 Å². The zero-order valence-electron chi connectivity index (χ0n) is 13.3. The van der Waals surface area contributed by atoms with Gasteiger partial charge < -0.3 is 5.73 Å². The van der Waals surface area contributed by atoms with Crippen LogP contribution in [0.5, 0.6) is 0 Å². The van der Waals surface area contributed by atoms with Crippen LogP contribution in [0, 0.1) is 0 Å². The molecule has 0 atom stereocenters. The molecule has 23 heavy (non-hydrogen) atoms. The molecule has 0 aliphatic rings. The van der Waals surface area contributed by atoms with Crippen molar-refractivity contribution in [3.05, 3.63) is 42.2 Å². The lowest BCUT2D eigenvalue weighted by molar-refractivity contribution is -0.118. The number of nitrogens with two attached hydrogens (primary N) is 1. The molecule has 1 amide bonds. The normalized spacial score (nSPS) is 12.1. The van der Waals surface area contributed by atoms with Crippen molar-refractivity contribution in [2.24, 2.45) is 5.73 Å². The van der Waals surface area contributed by atoms with Crippen LogP contribution in [-0.2, 0) is 26.8 Å². The van der Waals surface area contributed by atoms with Crippen LogP contribution in [-0.4, -0.2) is 24.1 Å². The molecule has 2 rings (SSSR count). The van der Waals surface area contributed by atoms with Gasteiger partial charge in [0.2, 0.25) is 5.91 Å². The van der Waals surface area contributed by atoms with Gasteiger partial charge in [0.15, 0.2) is 0 Å². The Morgan fingerprint density at radius 1 is 1.26 bits per heavy atom. The average Bonchev–Trinajstić information content (AvgIpc) is 2.83. The number of hydrogen-bond acceptors (Lipinski definition) is 4. The number of primary amides is 1. The number of rotatable bonds is 5. The molecule has 3 N–H and O–H groups in total. The Hall–Kier alpha value is -2.35. The number of nitrogens with zero attached hydrogens (tertiary/aromatic N) is 2. The summed E-state index contributed by atoms with van der Waals surface area (Å²) in [5.74, 6) is -0.555. The number of benzene rings is 1. The lowest BCUT2D eigenvalue weighted by Gasteiger charge is -2.19. The Morgan fingerprint density at radius 3 is 2.39 bits per heavy atom. The summed E-state index contributed by atoms with van der Waals surface area (Å²) in [4.78, 5) is 11.0. The Labute approximate surface area is 135 Å². The minimum Gasteiger partial charge on any atom is -0.368 e. The summed E-state index contributed by atoms with van der Waals surface area (Å²) in [5.41, 5.74) is 6.33. The third kappa shape index (κ3) is 4.32. The van der Waals surface area contributed by atoms with E-state index in [1.165, 1.54) is 17.1 Å². The van der Waals surface area contributed by atoms with E-state index < -0.39 is 15.9 Å². The topological polar surface area (TPSA) is 107 Å². The number of carbonyl (C=O) groups is 1. The van der Waals surface area contributed by atoms with Crippen molar-refractivity contribution in [2.45, 2.75) is 37.6 Å². The van der Waals surface area contributed by atoms with E-state index in [1.807, 2.05) is 0 Å². The van der Waals surface area contributed by atoms with E-state index in [9.17, 15) is 13.2 Å². The van der Waals surface area contributed by atoms with E-state index >= 15 is 0 Å². The van der Waals surface area contributed by atoms with Crippen LogP contribution in [0.25, 0.3) is 0 Å². The fraction of sp³-hybridized carbons (Fsp3) is 0.333. The highest BCUT2D eigenvalue weighted by Gasteiger charge is 2.18. The van der Waals surface area contributed by atoms with Crippen molar-refractivity contribution in [3.8, 4) is 0 Å². The highest BCUT2D eigenvalue weighted by Crippen LogP contribution is 2.24. The number of amides is 1. The van der Waals surface area contributed by atoms with E-state index in [0.29, 0.717) is 0 Å². The Bertz CT molecular complexity index is 802. The van der Waals surface area contributed by atoms with Gasteiger partial charge in [0.1, 0.15) is 6.54 Å². The van der Waals surface area contributed by atoms with E-state index in [-0.39, 0.29) is 22.5 Å². The SMILES string of the molecule is CC(C)(C)c1ccc(S(=O)(=O)Nc2cnn(CC(N)=O)c2)cc1. The summed E-state index contributed by atoms with van der Waals surface area (Å²) < 4.78 is 28.4. The fourth-order valence-electron chi connectivity index (χ4n) is 2.01. The van der Waals surface area contributed by atoms with Crippen molar-refractivity contribution >= 4 is 21.6 Å². The molecule has 0 bridgehead atoms. The maximum atomic E-state index is 12.4. The van der Waals surface area contributed by atoms with Crippen LogP contribution in [0.3, 0.4) is 0 Å². The summed E-state index contributed by atoms with van der Waals surface area (Å²) >= 11 is 0. The third-order valence-corrected chi connectivity index (χ3v) is 4.63. The molecule has 2 aromatic rings. The third-order valence-electron chi connectivity index (χ3n) is 3.23. The van der Waals surface area contributed by atoms with Gasteiger partial charge in [0.25, 0.3) is 10.0 Å². The molecule has 8 heteroatoms. The van der Waals surface area contributed by atoms with E-state index in [4.69, 9.17) is 5.73 Å². The standard InChI is InChI=1S/C15H20N4O3S/c1-15(2,3)11-4-6-13(7-5-11)23(21,22)18-12-8-17-19(9-12)10-14(16)20/h4-9,18H,10H2,1-3H3,(H2,16,20). The number of sulfonamides is 1. The molecular weight excluding hydrogens is 316 g/mol. The largest absolute Gasteiger partial charge is 0.368 e. The zero-order chi connectivity index (χ0) is 17.3. The number of nitrogens with one attached hydrogen (secondary N) is 1. The number of aromatic nitrogens is 2. The van der Waals surface area contributed by atoms with Crippen LogP contribution in [0.4, 0.5) is 5.69 Å². The van der Waals surface area contributed by atoms with Gasteiger partial charge in [-0.15, -0.1) is 0 Å². The van der Waals surface area contributed by atoms with Crippen molar-refractivity contribution in [3.63, 3.8) is 0 Å². The van der Waals surface area contributed by atoms with Crippen LogP contribution in [0.2, 0.25) is 0 Å². The molecule has 0 saturated carbocycles. The first-order valence-corrected chi connectivity index (χ1v) is 8.50. The smallest absolute Gasteiger partial charge is 0.261 e. The molecule has 0 aliphatic carbocycles. The van der Waals surface area contributed by atoms with Crippen LogP contribution in [0.1, 0.15) is 26.3 Å². The summed E-state index contributed by atoms with van der Waals surface area (Å²) in [6.45, 7) is 6.06. The first-order chi connectivity index (χ1) is 10.6. The van der Waals surface area contributed by atoms with Gasteiger partial charge in [-0.05, 0) is 23.1 Å². The van der Waals surface area contributed by atoms with Crippen molar-refractivity contribution in [2.75, 3.05) is 4.72 Å². The maximum absolute atomic E-state index is 12.4. The van der Waals surface area contributed by atoms with E-state index in [2.05, 4.69) is 30.6 Å². The van der Waals surface area contributed by atoms with Crippen LogP contribution >= 0.6 is 0 Å². The predicted octanol–water partition coefficient (Wildman–Crippen LogP) is 1.47. The van der Waals surface area contributed by atoms with Gasteiger partial charge in [-0.2, -0.15) is 5.10 Å². The Kier molecular flexibility index (Phi) is 4.46. The minimum absolute atomic E-state index is 0.0500. The lowest BCUT2D eigenvalue weighted by Crippen LogP contribution is -2.18. The second-order valence-corrected chi connectivity index (χ2v) is 7.96. The summed E-state index contributed by atoms with van der Waals surface area (Å²) in [6, 6.07) is 6.73. The number of anilines is 1. The second-order valence-electron chi connectivity index (χ2n) is 6.27. The molecule has 1 aromatic carbocycles. The molecule has 0 spiro atoms. The molecule has 0 fully saturated rings. The molecule has 0 unspecified atom stereocenters. The zero-order valence-corrected chi connectivity index (χ0v) is 14.1. The molecule has 0 aliphatic heterocycles. The van der Waals surface area contributed by atoms with Crippen molar-refractivity contribution in [1.82, 2.24) is 9.78 Å². The average molecular weight is 336 g/mol. The first-order valence-electron chi connectivity index (χ1n) is 7.02. The monoisotopic (exact) mass is 336 g/mol. The lowest BCUT2D eigenvalue weighted by atomic mass is 9.87. The Balaban J connectivity index is 2.18. The number of hydrogen-bond donors (Lipinski definition) is 2. The molecule has 1 aromatic heterocycles. The van der Waals surface area contributed by atoms with Gasteiger partial charge in [0.05, 0.1) is 16.8 Å². The molecule has 1 heterocycles. The van der Waals surface area contributed by atoms with Gasteiger partial charge in [-0.1, -0.05) is 32.9 Å².